The second-order valence-electron chi connectivity index (χ2n) is 12.5. The van der Waals surface area contributed by atoms with Crippen molar-refractivity contribution in [2.24, 2.45) is 11.8 Å². The summed E-state index contributed by atoms with van der Waals surface area (Å²) >= 11 is 0. The predicted octanol–water partition coefficient (Wildman–Crippen LogP) is 10.7. The van der Waals surface area contributed by atoms with E-state index < -0.39 is 0 Å². The van der Waals surface area contributed by atoms with Crippen molar-refractivity contribution in [3.8, 4) is 11.1 Å². The standard InChI is InChI=1S/C42H35B/c1-28(36-16-6-11-30-9-2-4-14-37(30)36)23-40(32-20-18-29(19-21-32)33-13-8-22-43-27-33)42-26-41(34-24-35(42)25-34)39-17-7-12-31-10-3-5-15-38(31)39/h2-11,13-23,26-28,31,34H,12,24-25H2,1H3/b40-23-. The summed E-state index contributed by atoms with van der Waals surface area (Å²) in [6.45, 7) is 4.48. The van der Waals surface area contributed by atoms with Gasteiger partial charge in [0.15, 0.2) is 0 Å². The maximum atomic E-state index is 2.56. The molecule has 4 aromatic rings. The van der Waals surface area contributed by atoms with Crippen molar-refractivity contribution in [1.82, 2.24) is 0 Å². The fourth-order valence-electron chi connectivity index (χ4n) is 7.49. The van der Waals surface area contributed by atoms with E-state index in [0.717, 1.165) is 6.42 Å². The molecule has 5 aliphatic rings. The fourth-order valence-corrected chi connectivity index (χ4v) is 7.49. The number of fused-ring (bicyclic) bond motifs is 3. The molecule has 1 heteroatoms. The Kier molecular flexibility index (Phi) is 6.68. The quantitative estimate of drug-likeness (QED) is 0.224. The number of hydrogen-bond donors (Lipinski definition) is 0. The molecule has 0 aliphatic heterocycles. The van der Waals surface area contributed by atoms with Crippen molar-refractivity contribution in [2.75, 3.05) is 0 Å². The normalized spacial score (nSPS) is 20.2. The van der Waals surface area contributed by atoms with Crippen LogP contribution in [0.5, 0.6) is 0 Å². The Morgan fingerprint density at radius 3 is 2.58 bits per heavy atom. The zero-order chi connectivity index (χ0) is 28.8. The summed E-state index contributed by atoms with van der Waals surface area (Å²) in [5.41, 5.74) is 14.1. The third-order valence-corrected chi connectivity index (χ3v) is 9.86. The number of hydrogen-bond acceptors (Lipinski definition) is 0. The van der Waals surface area contributed by atoms with Crippen LogP contribution in [0.4, 0.5) is 0 Å². The molecule has 2 bridgehead atoms. The molecule has 0 nitrogen and oxygen atoms in total. The molecule has 206 valence electrons. The van der Waals surface area contributed by atoms with Gasteiger partial charge in [0.2, 0.25) is 0 Å². The van der Waals surface area contributed by atoms with Gasteiger partial charge in [0.25, 0.3) is 0 Å². The van der Waals surface area contributed by atoms with Crippen molar-refractivity contribution in [2.45, 2.75) is 32.1 Å². The van der Waals surface area contributed by atoms with Crippen LogP contribution in [-0.2, 0) is 0 Å². The van der Waals surface area contributed by atoms with Crippen LogP contribution in [0.2, 0.25) is 0 Å². The average Bonchev–Trinajstić information content (AvgIpc) is 3.06. The van der Waals surface area contributed by atoms with E-state index in [0.29, 0.717) is 11.8 Å². The monoisotopic (exact) mass is 550 g/mol. The van der Waals surface area contributed by atoms with Crippen molar-refractivity contribution in [3.05, 3.63) is 178 Å². The molecule has 2 unspecified atom stereocenters. The van der Waals surface area contributed by atoms with Gasteiger partial charge in [-0.3, -0.25) is 0 Å². The van der Waals surface area contributed by atoms with Gasteiger partial charge < -0.3 is 0 Å². The molecule has 1 fully saturated rings. The summed E-state index contributed by atoms with van der Waals surface area (Å²) in [6, 6.07) is 29.1. The Morgan fingerprint density at radius 1 is 0.860 bits per heavy atom. The van der Waals surface area contributed by atoms with E-state index in [1.54, 1.807) is 5.57 Å². The molecule has 2 atom stereocenters. The van der Waals surface area contributed by atoms with Crippen LogP contribution in [0.3, 0.4) is 0 Å². The van der Waals surface area contributed by atoms with Crippen LogP contribution in [-0.4, -0.2) is 6.91 Å². The first-order valence-corrected chi connectivity index (χ1v) is 15.8. The van der Waals surface area contributed by atoms with E-state index in [9.17, 15) is 0 Å². The van der Waals surface area contributed by atoms with Crippen LogP contribution < -0.4 is 0 Å². The van der Waals surface area contributed by atoms with Crippen LogP contribution in [0.1, 0.15) is 43.2 Å². The Balaban J connectivity index is 1.25. The van der Waals surface area contributed by atoms with E-state index in [-0.39, 0.29) is 5.92 Å². The molecule has 0 N–H and O–H groups in total. The molecule has 1 saturated carbocycles. The van der Waals surface area contributed by atoms with Crippen molar-refractivity contribution < 1.29 is 0 Å². The summed E-state index contributed by atoms with van der Waals surface area (Å²) in [5.74, 6) is 5.69. The first kappa shape index (κ1) is 26.2. The minimum atomic E-state index is 0.269. The third-order valence-electron chi connectivity index (χ3n) is 9.86. The van der Waals surface area contributed by atoms with Crippen molar-refractivity contribution >= 4 is 23.3 Å². The fraction of sp³-hybridized carbons (Fsp3) is 0.167. The molecule has 9 rings (SSSR count). The second kappa shape index (κ2) is 11.0. The summed E-state index contributed by atoms with van der Waals surface area (Å²) in [6.07, 6.45) is 22.5. The molecular weight excluding hydrogens is 515 g/mol. The van der Waals surface area contributed by atoms with E-state index >= 15 is 0 Å². The first-order chi connectivity index (χ1) is 21.2. The van der Waals surface area contributed by atoms with Crippen molar-refractivity contribution in [1.29, 1.82) is 0 Å². The number of allylic oxidation sites excluding steroid dienone is 14. The molecule has 5 aliphatic carbocycles. The predicted molar refractivity (Wildman–Crippen MR) is 184 cm³/mol. The van der Waals surface area contributed by atoms with E-state index in [1.165, 1.54) is 73.7 Å². The Hall–Kier alpha value is -4.49. The SMILES string of the molecule is CC(/C=C(\C1=C2CC(C2)C(C2=C3C=CC=CC3CC=C2)=C1)c1ccc(-c2cbccc2)cc1)c1cccc2ccccc12. The van der Waals surface area contributed by atoms with Gasteiger partial charge in [-0.1, -0.05) is 54.6 Å². The maximum absolute atomic E-state index is 2.56. The van der Waals surface area contributed by atoms with Gasteiger partial charge >= 0.3 is 190 Å². The second-order valence-corrected chi connectivity index (χ2v) is 12.5. The molecule has 3 aromatic carbocycles. The Bertz CT molecular complexity index is 1930. The topological polar surface area (TPSA) is 0 Å². The Labute approximate surface area is 256 Å². The van der Waals surface area contributed by atoms with Crippen LogP contribution in [0.25, 0.3) is 27.5 Å². The molecule has 0 saturated heterocycles. The number of benzene rings is 3. The third kappa shape index (κ3) is 4.78. The molecule has 0 spiro atoms. The summed E-state index contributed by atoms with van der Waals surface area (Å²) in [5, 5.41) is 2.65. The van der Waals surface area contributed by atoms with Gasteiger partial charge in [-0.25, -0.2) is 0 Å². The van der Waals surface area contributed by atoms with Gasteiger partial charge in [0.05, 0.1) is 0 Å². The Morgan fingerprint density at radius 2 is 1.72 bits per heavy atom. The van der Waals surface area contributed by atoms with E-state index in [4.69, 9.17) is 0 Å². The van der Waals surface area contributed by atoms with Gasteiger partial charge in [-0.15, -0.1) is 0 Å². The molecule has 43 heavy (non-hydrogen) atoms. The van der Waals surface area contributed by atoms with Gasteiger partial charge in [-0.05, 0) is 6.42 Å². The van der Waals surface area contributed by atoms with Crippen LogP contribution in [0, 0.1) is 11.8 Å². The van der Waals surface area contributed by atoms with Gasteiger partial charge in [0, 0.05) is 5.92 Å². The summed E-state index contributed by atoms with van der Waals surface area (Å²) in [4.78, 5) is 0. The van der Waals surface area contributed by atoms with Crippen LogP contribution >= 0.6 is 0 Å². The van der Waals surface area contributed by atoms with Gasteiger partial charge in [0.1, 0.15) is 0 Å². The van der Waals surface area contributed by atoms with E-state index in [2.05, 4.69) is 153 Å². The molecule has 0 amide bonds. The van der Waals surface area contributed by atoms with Gasteiger partial charge in [-0.2, -0.15) is 0 Å². The number of rotatable bonds is 6. The summed E-state index contributed by atoms with van der Waals surface area (Å²) < 4.78 is 0. The van der Waals surface area contributed by atoms with Crippen molar-refractivity contribution in [3.63, 3.8) is 0 Å². The minimum absolute atomic E-state index is 0.269. The van der Waals surface area contributed by atoms with E-state index in [1.807, 2.05) is 0 Å². The molecule has 1 heterocycles. The zero-order valence-corrected chi connectivity index (χ0v) is 24.7. The average molecular weight is 551 g/mol. The zero-order valence-electron chi connectivity index (χ0n) is 24.7. The molecule has 1 aromatic heterocycles. The first-order valence-electron chi connectivity index (χ1n) is 15.8. The molecule has 0 radical (unpaired) electrons. The van der Waals surface area contributed by atoms with Crippen LogP contribution in [0.15, 0.2) is 167 Å². The molecular formula is C42H35B. The summed E-state index contributed by atoms with van der Waals surface area (Å²) in [7, 11) is 0.